The number of benzene rings is 2. The van der Waals surface area contributed by atoms with Crippen molar-refractivity contribution in [2.75, 3.05) is 11.9 Å². The summed E-state index contributed by atoms with van der Waals surface area (Å²) >= 11 is 1.59. The topological polar surface area (TPSA) is 55.4 Å². The zero-order valence-corrected chi connectivity index (χ0v) is 15.7. The van der Waals surface area contributed by atoms with Gasteiger partial charge in [0.25, 0.3) is 5.91 Å². The van der Waals surface area contributed by atoms with E-state index >= 15 is 0 Å². The van der Waals surface area contributed by atoms with Gasteiger partial charge in [0, 0.05) is 11.3 Å². The molecule has 2 aromatic carbocycles. The Morgan fingerprint density at radius 3 is 2.56 bits per heavy atom. The van der Waals surface area contributed by atoms with Gasteiger partial charge in [-0.3, -0.25) is 9.59 Å². The molecule has 0 fully saturated rings. The highest BCUT2D eigenvalue weighted by Crippen LogP contribution is 2.16. The summed E-state index contributed by atoms with van der Waals surface area (Å²) in [5.74, 6) is 0.224. The molecule has 3 rings (SSSR count). The second-order valence-electron chi connectivity index (χ2n) is 5.93. The number of carbonyl (C=O) groups is 2. The highest BCUT2D eigenvalue weighted by molar-refractivity contribution is 7.08. The lowest BCUT2D eigenvalue weighted by atomic mass is 10.1. The first-order valence-corrected chi connectivity index (χ1v) is 9.39. The number of nitrogens with one attached hydrogen (secondary N) is 1. The number of hydrogen-bond acceptors (Lipinski definition) is 4. The largest absolute Gasteiger partial charge is 0.484 e. The fourth-order valence-electron chi connectivity index (χ4n) is 2.40. The van der Waals surface area contributed by atoms with Crippen molar-refractivity contribution in [3.63, 3.8) is 0 Å². The summed E-state index contributed by atoms with van der Waals surface area (Å²) < 4.78 is 5.49. The number of para-hydroxylation sites is 1. The molecule has 0 spiro atoms. The van der Waals surface area contributed by atoms with Crippen LogP contribution in [-0.4, -0.2) is 18.3 Å². The molecule has 136 valence electrons. The molecule has 0 aliphatic carbocycles. The summed E-state index contributed by atoms with van der Waals surface area (Å²) in [5.41, 5.74) is 3.33. The third-order valence-electron chi connectivity index (χ3n) is 3.90. The Bertz CT molecular complexity index is 944. The quantitative estimate of drug-likeness (QED) is 0.467. The number of allylic oxidation sites excluding steroid dienone is 1. The van der Waals surface area contributed by atoms with Gasteiger partial charge in [0.15, 0.2) is 12.4 Å². The first kappa shape index (κ1) is 18.6. The van der Waals surface area contributed by atoms with E-state index in [1.165, 1.54) is 0 Å². The first-order valence-electron chi connectivity index (χ1n) is 8.45. The standard InChI is InChI=1S/C22H19NO3S/c1-16-4-2-3-5-20(16)23-22(25)14-26-19-9-7-18(8-10-19)21(24)11-6-17-12-13-27-15-17/h2-13,15H,14H2,1H3,(H,23,25)/b11-6+. The van der Waals surface area contributed by atoms with E-state index in [4.69, 9.17) is 4.74 Å². The van der Waals surface area contributed by atoms with Crippen LogP contribution >= 0.6 is 11.3 Å². The normalized spacial score (nSPS) is 10.7. The predicted octanol–water partition coefficient (Wildman–Crippen LogP) is 4.97. The molecule has 0 saturated heterocycles. The second-order valence-corrected chi connectivity index (χ2v) is 6.71. The van der Waals surface area contributed by atoms with Gasteiger partial charge in [-0.1, -0.05) is 24.3 Å². The van der Waals surface area contributed by atoms with E-state index in [2.05, 4.69) is 5.32 Å². The number of anilines is 1. The first-order chi connectivity index (χ1) is 13.1. The van der Waals surface area contributed by atoms with E-state index < -0.39 is 0 Å². The zero-order valence-electron chi connectivity index (χ0n) is 14.8. The van der Waals surface area contributed by atoms with Crippen molar-refractivity contribution in [1.29, 1.82) is 0 Å². The average Bonchev–Trinajstić information content (AvgIpc) is 3.20. The second kappa shape index (κ2) is 8.96. The monoisotopic (exact) mass is 377 g/mol. The van der Waals surface area contributed by atoms with Gasteiger partial charge in [-0.15, -0.1) is 0 Å². The average molecular weight is 377 g/mol. The summed E-state index contributed by atoms with van der Waals surface area (Å²) in [4.78, 5) is 24.2. The Morgan fingerprint density at radius 2 is 1.85 bits per heavy atom. The fraction of sp³-hybridized carbons (Fsp3) is 0.0909. The third-order valence-corrected chi connectivity index (χ3v) is 4.60. The molecule has 0 radical (unpaired) electrons. The lowest BCUT2D eigenvalue weighted by molar-refractivity contribution is -0.118. The molecule has 27 heavy (non-hydrogen) atoms. The Balaban J connectivity index is 1.52. The number of ether oxygens (including phenoxy) is 1. The van der Waals surface area contributed by atoms with E-state index in [-0.39, 0.29) is 18.3 Å². The molecule has 3 aromatic rings. The van der Waals surface area contributed by atoms with E-state index in [1.807, 2.05) is 48.0 Å². The molecule has 1 N–H and O–H groups in total. The van der Waals surface area contributed by atoms with E-state index in [0.717, 1.165) is 16.8 Å². The van der Waals surface area contributed by atoms with Crippen molar-refractivity contribution in [3.05, 3.63) is 88.1 Å². The summed E-state index contributed by atoms with van der Waals surface area (Å²) in [6, 6.07) is 16.3. The highest BCUT2D eigenvalue weighted by atomic mass is 32.1. The zero-order chi connectivity index (χ0) is 19.1. The lowest BCUT2D eigenvalue weighted by Gasteiger charge is -2.09. The molecule has 0 unspecified atom stereocenters. The Kier molecular flexibility index (Phi) is 6.18. The van der Waals surface area contributed by atoms with Gasteiger partial charge in [-0.05, 0) is 71.3 Å². The van der Waals surface area contributed by atoms with Crippen LogP contribution in [0.5, 0.6) is 5.75 Å². The maximum Gasteiger partial charge on any atom is 0.262 e. The maximum absolute atomic E-state index is 12.2. The number of rotatable bonds is 7. The van der Waals surface area contributed by atoms with Gasteiger partial charge in [0.05, 0.1) is 0 Å². The lowest BCUT2D eigenvalue weighted by Crippen LogP contribution is -2.20. The number of hydrogen-bond donors (Lipinski definition) is 1. The number of carbonyl (C=O) groups excluding carboxylic acids is 2. The van der Waals surface area contributed by atoms with Crippen LogP contribution in [0.25, 0.3) is 6.08 Å². The van der Waals surface area contributed by atoms with Gasteiger partial charge in [-0.2, -0.15) is 11.3 Å². The van der Waals surface area contributed by atoms with Gasteiger partial charge >= 0.3 is 0 Å². The molecule has 1 aromatic heterocycles. The van der Waals surface area contributed by atoms with Crippen molar-refractivity contribution in [3.8, 4) is 5.75 Å². The van der Waals surface area contributed by atoms with Crippen LogP contribution in [0.3, 0.4) is 0 Å². The van der Waals surface area contributed by atoms with Crippen LogP contribution in [0.1, 0.15) is 21.5 Å². The minimum absolute atomic E-state index is 0.0787. The summed E-state index contributed by atoms with van der Waals surface area (Å²) in [5, 5.41) is 6.75. The van der Waals surface area contributed by atoms with E-state index in [1.54, 1.807) is 47.8 Å². The Hall–Kier alpha value is -3.18. The van der Waals surface area contributed by atoms with E-state index in [9.17, 15) is 9.59 Å². The molecule has 0 aliphatic rings. The molecule has 1 amide bonds. The van der Waals surface area contributed by atoms with Crippen molar-refractivity contribution < 1.29 is 14.3 Å². The minimum Gasteiger partial charge on any atom is -0.484 e. The molecule has 1 heterocycles. The molecule has 0 aliphatic heterocycles. The molecule has 0 saturated carbocycles. The number of aryl methyl sites for hydroxylation is 1. The van der Waals surface area contributed by atoms with Gasteiger partial charge in [0.2, 0.25) is 0 Å². The smallest absolute Gasteiger partial charge is 0.262 e. The summed E-state index contributed by atoms with van der Waals surface area (Å²) in [6.45, 7) is 1.83. The summed E-state index contributed by atoms with van der Waals surface area (Å²) in [7, 11) is 0. The molecular formula is C22H19NO3S. The van der Waals surface area contributed by atoms with Crippen LogP contribution in [0, 0.1) is 6.92 Å². The summed E-state index contributed by atoms with van der Waals surface area (Å²) in [6.07, 6.45) is 3.34. The van der Waals surface area contributed by atoms with Crippen LogP contribution in [-0.2, 0) is 4.79 Å². The predicted molar refractivity (Wildman–Crippen MR) is 109 cm³/mol. The molecule has 4 nitrogen and oxygen atoms in total. The van der Waals surface area contributed by atoms with Crippen molar-refractivity contribution in [2.45, 2.75) is 6.92 Å². The van der Waals surface area contributed by atoms with Crippen LogP contribution in [0.15, 0.2) is 71.4 Å². The third kappa shape index (κ3) is 5.39. The fourth-order valence-corrected chi connectivity index (χ4v) is 3.03. The van der Waals surface area contributed by atoms with Crippen LogP contribution < -0.4 is 10.1 Å². The van der Waals surface area contributed by atoms with Crippen LogP contribution in [0.4, 0.5) is 5.69 Å². The SMILES string of the molecule is Cc1ccccc1NC(=O)COc1ccc(C(=O)/C=C/c2ccsc2)cc1. The van der Waals surface area contributed by atoms with Crippen LogP contribution in [0.2, 0.25) is 0 Å². The highest BCUT2D eigenvalue weighted by Gasteiger charge is 2.07. The number of ketones is 1. The van der Waals surface area contributed by atoms with Crippen molar-refractivity contribution in [2.24, 2.45) is 0 Å². The van der Waals surface area contributed by atoms with Gasteiger partial charge < -0.3 is 10.1 Å². The van der Waals surface area contributed by atoms with Gasteiger partial charge in [-0.25, -0.2) is 0 Å². The molecule has 0 bridgehead atoms. The minimum atomic E-state index is -0.233. The molecule has 5 heteroatoms. The van der Waals surface area contributed by atoms with E-state index in [0.29, 0.717) is 11.3 Å². The molecular weight excluding hydrogens is 358 g/mol. The maximum atomic E-state index is 12.2. The van der Waals surface area contributed by atoms with Gasteiger partial charge in [0.1, 0.15) is 5.75 Å². The number of thiophene rings is 1. The van der Waals surface area contributed by atoms with Crippen molar-refractivity contribution in [1.82, 2.24) is 0 Å². The molecule has 0 atom stereocenters. The van der Waals surface area contributed by atoms with Crippen molar-refractivity contribution >= 4 is 34.8 Å². The number of amides is 1. The Labute approximate surface area is 162 Å². The Morgan fingerprint density at radius 1 is 1.07 bits per heavy atom.